The van der Waals surface area contributed by atoms with Crippen molar-refractivity contribution in [3.05, 3.63) is 41.2 Å². The minimum Gasteiger partial charge on any atom is -0.459 e. The number of carbonyl (C=O) groups excluding carboxylic acids is 2. The lowest BCUT2D eigenvalue weighted by atomic mass is 10.1. The monoisotopic (exact) mass is 413 g/mol. The molecule has 2 aromatic heterocycles. The van der Waals surface area contributed by atoms with E-state index in [-0.39, 0.29) is 36.1 Å². The van der Waals surface area contributed by atoms with E-state index in [0.29, 0.717) is 36.8 Å². The van der Waals surface area contributed by atoms with Crippen LogP contribution in [0.3, 0.4) is 0 Å². The molecule has 0 saturated carbocycles. The van der Waals surface area contributed by atoms with Gasteiger partial charge < -0.3 is 25.1 Å². The molecule has 27 heavy (non-hydrogen) atoms. The van der Waals surface area contributed by atoms with Crippen molar-refractivity contribution in [2.75, 3.05) is 31.6 Å². The Morgan fingerprint density at radius 2 is 2.11 bits per heavy atom. The second-order valence-electron chi connectivity index (χ2n) is 6.10. The summed E-state index contributed by atoms with van der Waals surface area (Å²) in [5, 5.41) is 5.10. The fourth-order valence-corrected chi connectivity index (χ4v) is 3.65. The van der Waals surface area contributed by atoms with Gasteiger partial charge in [-0.05, 0) is 49.4 Å². The maximum atomic E-state index is 12.8. The van der Waals surface area contributed by atoms with Crippen LogP contribution >= 0.6 is 23.7 Å². The largest absolute Gasteiger partial charge is 0.459 e. The summed E-state index contributed by atoms with van der Waals surface area (Å²) in [4.78, 5) is 26.8. The van der Waals surface area contributed by atoms with Crippen molar-refractivity contribution in [1.82, 2.24) is 4.90 Å². The Bertz CT molecular complexity index is 727. The molecule has 1 aliphatic heterocycles. The summed E-state index contributed by atoms with van der Waals surface area (Å²) in [6.45, 7) is 2.59. The molecule has 0 radical (unpaired) electrons. The second-order valence-corrected chi connectivity index (χ2v) is 7.02. The number of hydrogen-bond donors (Lipinski definition) is 2. The molecule has 9 heteroatoms. The number of furan rings is 1. The van der Waals surface area contributed by atoms with Gasteiger partial charge in [0.2, 0.25) is 0 Å². The zero-order chi connectivity index (χ0) is 18.4. The van der Waals surface area contributed by atoms with E-state index in [2.05, 4.69) is 5.32 Å². The molecule has 0 atom stereocenters. The number of carbonyl (C=O) groups is 2. The Kier molecular flexibility index (Phi) is 8.30. The number of amides is 2. The zero-order valence-corrected chi connectivity index (χ0v) is 16.5. The summed E-state index contributed by atoms with van der Waals surface area (Å²) in [7, 11) is 0. The lowest BCUT2D eigenvalue weighted by Crippen LogP contribution is -2.41. The van der Waals surface area contributed by atoms with Crippen LogP contribution in [0, 0.1) is 0 Å². The molecule has 3 rings (SSSR count). The van der Waals surface area contributed by atoms with Gasteiger partial charge >= 0.3 is 0 Å². The maximum Gasteiger partial charge on any atom is 0.291 e. The van der Waals surface area contributed by atoms with Crippen molar-refractivity contribution in [3.8, 4) is 0 Å². The second kappa shape index (κ2) is 10.5. The summed E-state index contributed by atoms with van der Waals surface area (Å²) in [6.07, 6.45) is 4.11. The van der Waals surface area contributed by atoms with Gasteiger partial charge in [0.1, 0.15) is 5.00 Å². The Balaban J connectivity index is 0.00000261. The minimum atomic E-state index is -0.362. The minimum absolute atomic E-state index is 0. The molecule has 0 spiro atoms. The number of anilines is 1. The van der Waals surface area contributed by atoms with E-state index in [1.807, 2.05) is 4.90 Å². The number of nitrogens with two attached hydrogens (primary N) is 1. The lowest BCUT2D eigenvalue weighted by Gasteiger charge is -2.32. The number of rotatable bonds is 7. The number of halogens is 1. The highest BCUT2D eigenvalue weighted by Crippen LogP contribution is 2.27. The van der Waals surface area contributed by atoms with E-state index in [4.69, 9.17) is 14.9 Å². The average molecular weight is 414 g/mol. The van der Waals surface area contributed by atoms with Gasteiger partial charge in [0.05, 0.1) is 17.9 Å². The van der Waals surface area contributed by atoms with Crippen molar-refractivity contribution >= 4 is 40.6 Å². The number of piperidine rings is 1. The number of thiophene rings is 1. The van der Waals surface area contributed by atoms with E-state index in [0.717, 1.165) is 19.3 Å². The molecule has 0 aliphatic carbocycles. The molecule has 1 saturated heterocycles. The average Bonchev–Trinajstić information content (AvgIpc) is 3.34. The van der Waals surface area contributed by atoms with Gasteiger partial charge in [0.25, 0.3) is 11.8 Å². The first-order valence-electron chi connectivity index (χ1n) is 8.72. The first-order valence-corrected chi connectivity index (χ1v) is 9.60. The molecule has 0 aromatic carbocycles. The van der Waals surface area contributed by atoms with Crippen molar-refractivity contribution in [2.24, 2.45) is 5.73 Å². The van der Waals surface area contributed by atoms with Crippen LogP contribution in [0.15, 0.2) is 34.3 Å². The molecule has 1 aliphatic rings. The highest BCUT2D eigenvalue weighted by molar-refractivity contribution is 7.14. The van der Waals surface area contributed by atoms with Crippen molar-refractivity contribution < 1.29 is 18.7 Å². The smallest absolute Gasteiger partial charge is 0.291 e. The predicted octanol–water partition coefficient (Wildman–Crippen LogP) is 2.99. The van der Waals surface area contributed by atoms with E-state index >= 15 is 0 Å². The molecule has 2 aromatic rings. The molecule has 7 nitrogen and oxygen atoms in total. The zero-order valence-electron chi connectivity index (χ0n) is 14.9. The molecule has 0 bridgehead atoms. The van der Waals surface area contributed by atoms with Gasteiger partial charge in [-0.3, -0.25) is 9.59 Å². The summed E-state index contributed by atoms with van der Waals surface area (Å²) in [6, 6.07) is 4.98. The van der Waals surface area contributed by atoms with E-state index in [9.17, 15) is 9.59 Å². The number of ether oxygens (including phenoxy) is 1. The third-order valence-corrected chi connectivity index (χ3v) is 5.13. The van der Waals surface area contributed by atoms with E-state index < -0.39 is 0 Å². The van der Waals surface area contributed by atoms with Gasteiger partial charge in [-0.25, -0.2) is 0 Å². The van der Waals surface area contributed by atoms with Crippen molar-refractivity contribution in [2.45, 2.75) is 25.4 Å². The molecule has 1 fully saturated rings. The van der Waals surface area contributed by atoms with Crippen LogP contribution in [0.4, 0.5) is 5.00 Å². The first-order chi connectivity index (χ1) is 12.7. The Morgan fingerprint density at radius 1 is 1.33 bits per heavy atom. The quantitative estimate of drug-likeness (QED) is 0.680. The molecule has 0 unspecified atom stereocenters. The third kappa shape index (κ3) is 5.55. The van der Waals surface area contributed by atoms with Crippen molar-refractivity contribution in [3.63, 3.8) is 0 Å². The highest BCUT2D eigenvalue weighted by Gasteiger charge is 2.26. The van der Waals surface area contributed by atoms with Crippen LogP contribution in [-0.4, -0.2) is 49.1 Å². The van der Waals surface area contributed by atoms with Gasteiger partial charge in [-0.1, -0.05) is 0 Å². The van der Waals surface area contributed by atoms with Crippen molar-refractivity contribution in [1.29, 1.82) is 0 Å². The summed E-state index contributed by atoms with van der Waals surface area (Å²) in [5.74, 6) is -0.216. The first kappa shape index (κ1) is 21.4. The number of hydrogen-bond acceptors (Lipinski definition) is 6. The third-order valence-electron chi connectivity index (χ3n) is 4.30. The fraction of sp³-hybridized carbons (Fsp3) is 0.444. The number of nitrogens with one attached hydrogen (secondary N) is 1. The van der Waals surface area contributed by atoms with Crippen LogP contribution in [0.25, 0.3) is 0 Å². The molecule has 3 heterocycles. The van der Waals surface area contributed by atoms with Crippen LogP contribution in [-0.2, 0) is 4.74 Å². The molecular weight excluding hydrogens is 390 g/mol. The van der Waals surface area contributed by atoms with Gasteiger partial charge in [0, 0.05) is 19.7 Å². The van der Waals surface area contributed by atoms with Crippen LogP contribution < -0.4 is 11.1 Å². The summed E-state index contributed by atoms with van der Waals surface area (Å²) < 4.78 is 10.9. The highest BCUT2D eigenvalue weighted by atomic mass is 35.5. The maximum absolute atomic E-state index is 12.8. The van der Waals surface area contributed by atoms with Crippen LogP contribution in [0.1, 0.15) is 40.2 Å². The SMILES string of the molecule is Cl.NCCCOC1CCN(C(=O)c2ccsc2NC(=O)c2ccco2)CC1. The fourth-order valence-electron chi connectivity index (χ4n) is 2.88. The standard InChI is InChI=1S/C18H23N3O4S.ClH/c19-7-2-11-24-13-4-8-21(9-5-13)18(23)14-6-12-26-17(14)20-16(22)15-3-1-10-25-15;/h1,3,6,10,12-13H,2,4-5,7-9,11,19H2,(H,20,22);1H. The van der Waals surface area contributed by atoms with E-state index in [1.165, 1.54) is 17.6 Å². The molecule has 2 amide bonds. The molecular formula is C18H24ClN3O4S. The summed E-state index contributed by atoms with van der Waals surface area (Å²) >= 11 is 1.32. The Morgan fingerprint density at radius 3 is 2.78 bits per heavy atom. The molecule has 148 valence electrons. The molecule has 3 N–H and O–H groups in total. The Labute approximate surface area is 168 Å². The van der Waals surface area contributed by atoms with Gasteiger partial charge in [-0.15, -0.1) is 23.7 Å². The summed E-state index contributed by atoms with van der Waals surface area (Å²) in [5.41, 5.74) is 5.98. The Hall–Kier alpha value is -1.87. The van der Waals surface area contributed by atoms with E-state index in [1.54, 1.807) is 23.6 Å². The van der Waals surface area contributed by atoms with Gasteiger partial charge in [-0.2, -0.15) is 0 Å². The predicted molar refractivity (Wildman–Crippen MR) is 107 cm³/mol. The lowest BCUT2D eigenvalue weighted by molar-refractivity contribution is 0.00849. The number of likely N-dealkylation sites (tertiary alicyclic amines) is 1. The van der Waals surface area contributed by atoms with Gasteiger partial charge in [0.15, 0.2) is 5.76 Å². The topological polar surface area (TPSA) is 97.8 Å². The van der Waals surface area contributed by atoms with Crippen LogP contribution in [0.5, 0.6) is 0 Å². The normalized spacial score (nSPS) is 14.6. The number of nitrogens with zero attached hydrogens (tertiary/aromatic N) is 1. The van der Waals surface area contributed by atoms with Crippen LogP contribution in [0.2, 0.25) is 0 Å².